The van der Waals surface area contributed by atoms with Gasteiger partial charge in [-0.05, 0) is 31.2 Å². The average Bonchev–Trinajstić information content (AvgIpc) is 3.33. The van der Waals surface area contributed by atoms with Crippen LogP contribution < -0.4 is 16.2 Å². The molecule has 0 saturated carbocycles. The van der Waals surface area contributed by atoms with Crippen LogP contribution >= 0.6 is 23.1 Å². The fourth-order valence-corrected chi connectivity index (χ4v) is 4.89. The van der Waals surface area contributed by atoms with Crippen LogP contribution in [0, 0.1) is 6.92 Å². The fraction of sp³-hybridized carbons (Fsp3) is 0.182. The van der Waals surface area contributed by atoms with Crippen molar-refractivity contribution >= 4 is 45.5 Å². The highest BCUT2D eigenvalue weighted by Crippen LogP contribution is 2.28. The molecule has 0 radical (unpaired) electrons. The Morgan fingerprint density at radius 3 is 2.47 bits per heavy atom. The largest absolute Gasteiger partial charge is 0.330 e. The molecule has 0 aliphatic rings. The smallest absolute Gasteiger partial charge is 0.295 e. The Bertz CT molecular complexity index is 1260. The van der Waals surface area contributed by atoms with Crippen molar-refractivity contribution < 1.29 is 4.79 Å². The molecular weight excluding hydrogens is 444 g/mol. The third kappa shape index (κ3) is 4.92. The van der Waals surface area contributed by atoms with Crippen LogP contribution in [0.25, 0.3) is 5.69 Å². The van der Waals surface area contributed by atoms with E-state index >= 15 is 0 Å². The number of rotatable bonds is 8. The van der Waals surface area contributed by atoms with Gasteiger partial charge < -0.3 is 10.6 Å². The first-order valence-electron chi connectivity index (χ1n) is 9.95. The lowest BCUT2D eigenvalue weighted by Gasteiger charge is -2.07. The standard InChI is InChI=1S/C22H22N6O2S2/c1-15-19(20(30)28(27(15)2)17-11-7-4-8-12-17)24-18(29)13-14-31-22-26-25-21(32-22)23-16-9-5-3-6-10-16/h3-12H,13-14H2,1-2H3,(H,23,25)(H,24,29). The topological polar surface area (TPSA) is 93.8 Å². The molecular formula is C22H22N6O2S2. The maximum absolute atomic E-state index is 12.9. The number of anilines is 3. The van der Waals surface area contributed by atoms with Crippen molar-refractivity contribution in [1.29, 1.82) is 0 Å². The molecule has 8 nitrogen and oxygen atoms in total. The molecule has 2 N–H and O–H groups in total. The summed E-state index contributed by atoms with van der Waals surface area (Å²) >= 11 is 2.89. The number of benzene rings is 2. The van der Waals surface area contributed by atoms with E-state index in [9.17, 15) is 9.59 Å². The first-order chi connectivity index (χ1) is 15.5. The zero-order valence-electron chi connectivity index (χ0n) is 17.6. The number of carbonyl (C=O) groups is 1. The number of hydrogen-bond donors (Lipinski definition) is 2. The molecule has 0 atom stereocenters. The molecule has 32 heavy (non-hydrogen) atoms. The number of nitrogens with one attached hydrogen (secondary N) is 2. The van der Waals surface area contributed by atoms with Crippen LogP contribution in [0.1, 0.15) is 12.1 Å². The lowest BCUT2D eigenvalue weighted by atomic mass is 10.3. The number of carbonyl (C=O) groups excluding carboxylic acids is 1. The summed E-state index contributed by atoms with van der Waals surface area (Å²) < 4.78 is 4.06. The van der Waals surface area contributed by atoms with E-state index in [1.807, 2.05) is 67.6 Å². The van der Waals surface area contributed by atoms with Crippen molar-refractivity contribution in [2.45, 2.75) is 17.7 Å². The Kier molecular flexibility index (Phi) is 6.72. The van der Waals surface area contributed by atoms with Crippen molar-refractivity contribution in [1.82, 2.24) is 19.6 Å². The lowest BCUT2D eigenvalue weighted by molar-refractivity contribution is -0.115. The van der Waals surface area contributed by atoms with Crippen LogP contribution in [0.4, 0.5) is 16.5 Å². The summed E-state index contributed by atoms with van der Waals surface area (Å²) in [7, 11) is 1.80. The van der Waals surface area contributed by atoms with E-state index in [4.69, 9.17) is 0 Å². The second kappa shape index (κ2) is 9.84. The van der Waals surface area contributed by atoms with Crippen LogP contribution in [0.3, 0.4) is 0 Å². The minimum absolute atomic E-state index is 0.212. The molecule has 4 aromatic rings. The van der Waals surface area contributed by atoms with E-state index in [1.54, 1.807) is 16.4 Å². The molecule has 2 heterocycles. The molecule has 0 bridgehead atoms. The second-order valence-corrected chi connectivity index (χ2v) is 9.27. The van der Waals surface area contributed by atoms with E-state index in [0.717, 1.165) is 15.7 Å². The van der Waals surface area contributed by atoms with Gasteiger partial charge in [0.1, 0.15) is 5.69 Å². The minimum Gasteiger partial charge on any atom is -0.330 e. The maximum Gasteiger partial charge on any atom is 0.295 e. The summed E-state index contributed by atoms with van der Waals surface area (Å²) in [6.07, 6.45) is 0.255. The van der Waals surface area contributed by atoms with Gasteiger partial charge in [0.05, 0.1) is 11.4 Å². The van der Waals surface area contributed by atoms with Gasteiger partial charge in [-0.15, -0.1) is 10.2 Å². The van der Waals surface area contributed by atoms with Gasteiger partial charge in [0, 0.05) is 24.9 Å². The number of nitrogens with zero attached hydrogens (tertiary/aromatic N) is 4. The highest BCUT2D eigenvalue weighted by atomic mass is 32.2. The highest BCUT2D eigenvalue weighted by molar-refractivity contribution is 8.01. The average molecular weight is 467 g/mol. The summed E-state index contributed by atoms with van der Waals surface area (Å²) in [6, 6.07) is 19.1. The first-order valence-corrected chi connectivity index (χ1v) is 11.8. The molecule has 0 saturated heterocycles. The molecule has 0 fully saturated rings. The summed E-state index contributed by atoms with van der Waals surface area (Å²) in [5.74, 6) is 0.320. The van der Waals surface area contributed by atoms with Gasteiger partial charge in [0.15, 0.2) is 4.34 Å². The van der Waals surface area contributed by atoms with Crippen molar-refractivity contribution in [3.05, 3.63) is 76.7 Å². The second-order valence-electron chi connectivity index (χ2n) is 6.95. The van der Waals surface area contributed by atoms with Gasteiger partial charge in [-0.3, -0.25) is 14.3 Å². The Labute approximate surface area is 193 Å². The molecule has 2 aromatic carbocycles. The van der Waals surface area contributed by atoms with E-state index in [-0.39, 0.29) is 17.9 Å². The first kappa shape index (κ1) is 21.8. The van der Waals surface area contributed by atoms with Gasteiger partial charge >= 0.3 is 0 Å². The fourth-order valence-electron chi connectivity index (χ4n) is 3.11. The van der Waals surface area contributed by atoms with Crippen LogP contribution in [0.5, 0.6) is 0 Å². The number of aromatic nitrogens is 4. The van der Waals surface area contributed by atoms with Crippen LogP contribution in [-0.2, 0) is 11.8 Å². The van der Waals surface area contributed by atoms with E-state index in [0.29, 0.717) is 22.3 Å². The molecule has 0 aliphatic carbocycles. The number of amides is 1. The van der Waals surface area contributed by atoms with Gasteiger partial charge in [0.25, 0.3) is 5.56 Å². The van der Waals surface area contributed by atoms with Gasteiger partial charge in [-0.25, -0.2) is 4.68 Å². The van der Waals surface area contributed by atoms with Crippen molar-refractivity contribution in [3.8, 4) is 5.69 Å². The lowest BCUT2D eigenvalue weighted by Crippen LogP contribution is -2.23. The molecule has 2 aromatic heterocycles. The highest BCUT2D eigenvalue weighted by Gasteiger charge is 2.18. The monoisotopic (exact) mass is 466 g/mol. The normalized spacial score (nSPS) is 10.8. The van der Waals surface area contributed by atoms with Crippen molar-refractivity contribution in [3.63, 3.8) is 0 Å². The molecule has 164 valence electrons. The summed E-state index contributed by atoms with van der Waals surface area (Å²) in [4.78, 5) is 25.4. The molecule has 0 aliphatic heterocycles. The van der Waals surface area contributed by atoms with Crippen LogP contribution in [0.2, 0.25) is 0 Å². The Balaban J connectivity index is 1.34. The molecule has 1 amide bonds. The van der Waals surface area contributed by atoms with E-state index in [2.05, 4.69) is 20.8 Å². The Hall–Kier alpha value is -3.37. The summed E-state index contributed by atoms with van der Waals surface area (Å²) in [5.41, 5.74) is 2.43. The molecule has 0 unspecified atom stereocenters. The van der Waals surface area contributed by atoms with Gasteiger partial charge in [-0.1, -0.05) is 59.5 Å². The quantitative estimate of drug-likeness (QED) is 0.378. The number of thioether (sulfide) groups is 1. The van der Waals surface area contributed by atoms with Crippen LogP contribution in [-0.4, -0.2) is 31.2 Å². The van der Waals surface area contributed by atoms with Gasteiger partial charge in [-0.2, -0.15) is 0 Å². The SMILES string of the molecule is Cc1c(NC(=O)CCSc2nnc(Nc3ccccc3)s2)c(=O)n(-c2ccccc2)n1C. The third-order valence-electron chi connectivity index (χ3n) is 4.80. The van der Waals surface area contributed by atoms with Gasteiger partial charge in [0.2, 0.25) is 11.0 Å². The van der Waals surface area contributed by atoms with Crippen LogP contribution in [0.15, 0.2) is 69.8 Å². The zero-order valence-corrected chi connectivity index (χ0v) is 19.2. The minimum atomic E-state index is -0.252. The molecule has 10 heteroatoms. The van der Waals surface area contributed by atoms with E-state index in [1.165, 1.54) is 23.1 Å². The Morgan fingerprint density at radius 1 is 1.06 bits per heavy atom. The predicted molar refractivity (Wildman–Crippen MR) is 129 cm³/mol. The number of para-hydroxylation sites is 2. The maximum atomic E-state index is 12.9. The van der Waals surface area contributed by atoms with Crippen molar-refractivity contribution in [2.75, 3.05) is 16.4 Å². The third-order valence-corrected chi connectivity index (χ3v) is 6.78. The molecule has 0 spiro atoms. The van der Waals surface area contributed by atoms with E-state index < -0.39 is 0 Å². The summed E-state index contributed by atoms with van der Waals surface area (Å²) in [6.45, 7) is 1.81. The Morgan fingerprint density at radius 2 is 1.75 bits per heavy atom. The number of hydrogen-bond acceptors (Lipinski definition) is 7. The summed E-state index contributed by atoms with van der Waals surface area (Å²) in [5, 5.41) is 15.0. The molecule has 4 rings (SSSR count). The van der Waals surface area contributed by atoms with Crippen molar-refractivity contribution in [2.24, 2.45) is 7.05 Å². The zero-order chi connectivity index (χ0) is 22.5. The predicted octanol–water partition coefficient (Wildman–Crippen LogP) is 4.20.